The Hall–Kier alpha value is -5.12. The van der Waals surface area contributed by atoms with Crippen molar-refractivity contribution in [3.8, 4) is 0 Å². The summed E-state index contributed by atoms with van der Waals surface area (Å²) >= 11 is 0. The van der Waals surface area contributed by atoms with Gasteiger partial charge >= 0.3 is 23.3 Å². The van der Waals surface area contributed by atoms with E-state index in [0.29, 0.717) is 36.8 Å². The van der Waals surface area contributed by atoms with Crippen LogP contribution in [0.4, 0.5) is 10.1 Å². The number of hydrogen-bond donors (Lipinski definition) is 0. The number of fused-ring (bicyclic) bond motifs is 3. The predicted molar refractivity (Wildman–Crippen MR) is 281 cm³/mol. The molecule has 400 valence electrons. The first kappa shape index (κ1) is 55.6. The lowest BCUT2D eigenvalue weighted by molar-refractivity contribution is -0.229. The molecule has 0 bridgehead atoms. The Labute approximate surface area is 429 Å². The van der Waals surface area contributed by atoms with E-state index in [0.717, 1.165) is 103 Å². The molecule has 1 spiro atoms. The first-order valence-corrected chi connectivity index (χ1v) is 27.1. The lowest BCUT2D eigenvalue weighted by Crippen LogP contribution is -2.48. The third kappa shape index (κ3) is 13.8. The van der Waals surface area contributed by atoms with Gasteiger partial charge in [0.15, 0.2) is 12.0 Å². The molecule has 1 aromatic carbocycles. The fourth-order valence-electron chi connectivity index (χ4n) is 11.3. The molecule has 2 aromatic heterocycles. The van der Waals surface area contributed by atoms with Crippen LogP contribution in [0, 0.1) is 5.82 Å². The molecule has 73 heavy (non-hydrogen) atoms. The molecule has 7 rings (SSSR count). The summed E-state index contributed by atoms with van der Waals surface area (Å²) in [4.78, 5) is 68.9. The molecule has 3 fully saturated rings. The van der Waals surface area contributed by atoms with Crippen molar-refractivity contribution in [3.05, 3.63) is 108 Å². The number of halogens is 1. The van der Waals surface area contributed by atoms with E-state index >= 15 is 4.39 Å². The van der Waals surface area contributed by atoms with E-state index in [4.69, 9.17) is 28.1 Å². The number of anilines is 1. The standard InChI is InChI=1S/C58H80FN3O11/c1-9-68-54(65)44-33-42-32-43-41(6)35-57(7,8)62(46(43)34-47(42)71-55(44)66)30-21-26-49(63)69-37-48-50-51(73-58(72-50)28-17-15-13-11-10-12-14-16-18-29-58)53(70-48)61-36-45(59)52(64)60(56(61)67)31-27-40(5)25-20-24-39(4)23-19-22-38(2)3/h22,24,27,32-34,36,41,48,50-51,53H,9-21,23,25-26,28-31,35,37H2,1-8H3/b39-24+,40-27+/t41?,48-,50?,51?,53-/m1/s1. The van der Waals surface area contributed by atoms with Gasteiger partial charge in [-0.25, -0.2) is 14.4 Å². The van der Waals surface area contributed by atoms with Gasteiger partial charge in [0.05, 0.1) is 12.8 Å². The van der Waals surface area contributed by atoms with Gasteiger partial charge in [-0.1, -0.05) is 86.8 Å². The summed E-state index contributed by atoms with van der Waals surface area (Å²) < 4.78 is 54.8. The molecule has 4 aliphatic rings. The number of carbonyl (C=O) groups is 2. The summed E-state index contributed by atoms with van der Waals surface area (Å²) in [5, 5.41) is 0.624. The molecular weight excluding hydrogens is 934 g/mol. The van der Waals surface area contributed by atoms with Crippen molar-refractivity contribution in [2.75, 3.05) is 24.7 Å². The fraction of sp³-hybridized carbons (Fsp3) is 0.638. The molecule has 0 radical (unpaired) electrons. The third-order valence-corrected chi connectivity index (χ3v) is 15.2. The van der Waals surface area contributed by atoms with Gasteiger partial charge < -0.3 is 33.0 Å². The predicted octanol–water partition coefficient (Wildman–Crippen LogP) is 11.6. The summed E-state index contributed by atoms with van der Waals surface area (Å²) in [5.74, 6) is -3.07. The van der Waals surface area contributed by atoms with Crippen LogP contribution in [0.25, 0.3) is 11.0 Å². The Kier molecular flexibility index (Phi) is 19.0. The number of nitrogens with zero attached hydrogens (tertiary/aromatic N) is 3. The van der Waals surface area contributed by atoms with E-state index in [9.17, 15) is 24.0 Å². The average Bonchev–Trinajstić information content (AvgIpc) is 3.86. The van der Waals surface area contributed by atoms with Gasteiger partial charge in [-0.05, 0) is 123 Å². The zero-order valence-electron chi connectivity index (χ0n) is 44.7. The highest BCUT2D eigenvalue weighted by Crippen LogP contribution is 2.48. The van der Waals surface area contributed by atoms with Gasteiger partial charge in [-0.2, -0.15) is 4.39 Å². The lowest BCUT2D eigenvalue weighted by atomic mass is 9.79. The van der Waals surface area contributed by atoms with E-state index in [1.54, 1.807) is 13.0 Å². The highest BCUT2D eigenvalue weighted by Gasteiger charge is 2.59. The van der Waals surface area contributed by atoms with E-state index in [1.807, 2.05) is 19.1 Å². The van der Waals surface area contributed by atoms with Crippen LogP contribution in [0.15, 0.2) is 78.1 Å². The molecule has 5 heterocycles. The van der Waals surface area contributed by atoms with E-state index in [-0.39, 0.29) is 43.2 Å². The second-order valence-corrected chi connectivity index (χ2v) is 21.8. The van der Waals surface area contributed by atoms with Gasteiger partial charge in [0.25, 0.3) is 5.56 Å². The van der Waals surface area contributed by atoms with Crippen LogP contribution in [0.1, 0.15) is 199 Å². The first-order chi connectivity index (χ1) is 34.9. The summed E-state index contributed by atoms with van der Waals surface area (Å²) in [6.45, 7) is 16.7. The Morgan fingerprint density at radius 2 is 1.47 bits per heavy atom. The average molecular weight is 1010 g/mol. The van der Waals surface area contributed by atoms with E-state index in [2.05, 4.69) is 58.6 Å². The van der Waals surface area contributed by atoms with Crippen molar-refractivity contribution in [1.82, 2.24) is 9.13 Å². The molecule has 14 nitrogen and oxygen atoms in total. The van der Waals surface area contributed by atoms with Crippen LogP contribution in [-0.4, -0.2) is 70.5 Å². The van der Waals surface area contributed by atoms with Crippen LogP contribution in [0.3, 0.4) is 0 Å². The molecule has 3 aliphatic heterocycles. The molecule has 15 heteroatoms. The monoisotopic (exact) mass is 1010 g/mol. The number of esters is 2. The van der Waals surface area contributed by atoms with Gasteiger partial charge in [0, 0.05) is 55.0 Å². The first-order valence-electron chi connectivity index (χ1n) is 27.1. The molecule has 1 aliphatic carbocycles. The molecular formula is C58H80FN3O11. The molecule has 0 amide bonds. The Bertz CT molecular complexity index is 2700. The second kappa shape index (κ2) is 24.9. The van der Waals surface area contributed by atoms with Crippen molar-refractivity contribution >= 4 is 28.6 Å². The highest BCUT2D eigenvalue weighted by atomic mass is 19.1. The van der Waals surface area contributed by atoms with Gasteiger partial charge in [-0.15, -0.1) is 0 Å². The van der Waals surface area contributed by atoms with Crippen LogP contribution in [0.5, 0.6) is 0 Å². The van der Waals surface area contributed by atoms with Gasteiger partial charge in [0.2, 0.25) is 5.82 Å². The van der Waals surface area contributed by atoms with Crippen molar-refractivity contribution in [2.24, 2.45) is 0 Å². The number of carbonyl (C=O) groups excluding carboxylic acids is 2. The number of benzene rings is 1. The maximum Gasteiger partial charge on any atom is 0.351 e. The summed E-state index contributed by atoms with van der Waals surface area (Å²) in [6, 6.07) is 5.34. The minimum atomic E-state index is -1.16. The minimum absolute atomic E-state index is 0.0866. The minimum Gasteiger partial charge on any atom is -0.463 e. The number of aromatic nitrogens is 2. The summed E-state index contributed by atoms with van der Waals surface area (Å²) in [7, 11) is 0. The summed E-state index contributed by atoms with van der Waals surface area (Å²) in [6.07, 6.45) is 19.4. The quantitative estimate of drug-likeness (QED) is 0.0717. The topological polar surface area (TPSA) is 158 Å². The number of ether oxygens (including phenoxy) is 5. The summed E-state index contributed by atoms with van der Waals surface area (Å²) in [5.41, 5.74) is 2.88. The van der Waals surface area contributed by atoms with Crippen molar-refractivity contribution in [3.63, 3.8) is 0 Å². The number of allylic oxidation sites excluding steroid dienone is 6. The highest BCUT2D eigenvalue weighted by molar-refractivity contribution is 5.94. The smallest absolute Gasteiger partial charge is 0.351 e. The zero-order valence-corrected chi connectivity index (χ0v) is 44.7. The maximum atomic E-state index is 15.7. The van der Waals surface area contributed by atoms with Gasteiger partial charge in [0.1, 0.15) is 36.1 Å². The lowest BCUT2D eigenvalue weighted by Gasteiger charge is -2.47. The van der Waals surface area contributed by atoms with Crippen molar-refractivity contribution in [1.29, 1.82) is 0 Å². The van der Waals surface area contributed by atoms with E-state index < -0.39 is 65.0 Å². The molecule has 3 unspecified atom stereocenters. The third-order valence-electron chi connectivity index (χ3n) is 15.2. The largest absolute Gasteiger partial charge is 0.463 e. The maximum absolute atomic E-state index is 15.7. The number of rotatable bonds is 17. The van der Waals surface area contributed by atoms with Crippen molar-refractivity contribution in [2.45, 2.75) is 219 Å². The molecule has 3 aromatic rings. The van der Waals surface area contributed by atoms with Crippen LogP contribution < -0.4 is 21.8 Å². The second-order valence-electron chi connectivity index (χ2n) is 21.8. The van der Waals surface area contributed by atoms with E-state index in [1.165, 1.54) is 36.5 Å². The van der Waals surface area contributed by atoms with Crippen LogP contribution in [0.2, 0.25) is 0 Å². The zero-order chi connectivity index (χ0) is 52.5. The molecule has 2 saturated heterocycles. The normalized spacial score (nSPS) is 23.4. The van der Waals surface area contributed by atoms with Crippen molar-refractivity contribution < 1.29 is 42.1 Å². The Morgan fingerprint density at radius 3 is 2.14 bits per heavy atom. The number of hydrogen-bond acceptors (Lipinski definition) is 12. The molecule has 1 saturated carbocycles. The molecule has 0 N–H and O–H groups in total. The SMILES string of the molecule is CCOC(=O)c1cc2cc3c(cc2oc1=O)N(CCCC(=O)OC[C@H]1O[C@@H](n2cc(F)c(=O)n(C/C=C(\C)CC/C=C(\C)CCC=C(C)C)c2=O)C2OC4(CCCCCCCCCCC4)OC21)C(C)(C)CC3C. The fourth-order valence-corrected chi connectivity index (χ4v) is 11.3. The Morgan fingerprint density at radius 1 is 0.822 bits per heavy atom. The van der Waals surface area contributed by atoms with Crippen LogP contribution >= 0.6 is 0 Å². The van der Waals surface area contributed by atoms with Crippen LogP contribution in [-0.2, 0) is 35.0 Å². The Balaban J connectivity index is 1.06. The van der Waals surface area contributed by atoms with Gasteiger partial charge in [-0.3, -0.25) is 18.7 Å². The molecule has 5 atom stereocenters.